The van der Waals surface area contributed by atoms with Crippen LogP contribution in [0.25, 0.3) is 0 Å². The SMILES string of the molecule is COc1ccc(NC(=O)N[C@H]2CS(=O)(=O)C[C@H]2Cl)cc1. The lowest BCUT2D eigenvalue weighted by molar-refractivity contribution is 0.249. The summed E-state index contributed by atoms with van der Waals surface area (Å²) in [4.78, 5) is 11.8. The standard InChI is InChI=1S/C12H15ClN2O4S/c1-19-9-4-2-8(3-5-9)14-12(16)15-11-7-20(17,18)6-10(11)13/h2-5,10-11H,6-7H2,1H3,(H2,14,15,16)/t10-,11+/m1/s1. The Morgan fingerprint density at radius 3 is 2.45 bits per heavy atom. The number of anilines is 1. The first-order chi connectivity index (χ1) is 9.39. The van der Waals surface area contributed by atoms with E-state index in [1.165, 1.54) is 0 Å². The van der Waals surface area contributed by atoms with Crippen molar-refractivity contribution in [1.82, 2.24) is 5.32 Å². The Labute approximate surface area is 122 Å². The van der Waals surface area contributed by atoms with Gasteiger partial charge in [-0.1, -0.05) is 0 Å². The summed E-state index contributed by atoms with van der Waals surface area (Å²) in [5.74, 6) is 0.442. The van der Waals surface area contributed by atoms with E-state index in [9.17, 15) is 13.2 Å². The van der Waals surface area contributed by atoms with Crippen LogP contribution in [0.1, 0.15) is 0 Å². The molecule has 20 heavy (non-hydrogen) atoms. The predicted molar refractivity (Wildman–Crippen MR) is 77.2 cm³/mol. The summed E-state index contributed by atoms with van der Waals surface area (Å²) >= 11 is 5.91. The Balaban J connectivity index is 1.92. The molecular weight excluding hydrogens is 304 g/mol. The zero-order chi connectivity index (χ0) is 14.8. The molecule has 0 saturated carbocycles. The van der Waals surface area contributed by atoms with Crippen molar-refractivity contribution in [2.24, 2.45) is 0 Å². The molecular formula is C12H15ClN2O4S. The number of alkyl halides is 1. The summed E-state index contributed by atoms with van der Waals surface area (Å²) in [7, 11) is -1.61. The number of halogens is 1. The Morgan fingerprint density at radius 2 is 1.95 bits per heavy atom. The Kier molecular flexibility index (Phi) is 4.39. The second-order valence-corrected chi connectivity index (χ2v) is 7.24. The van der Waals surface area contributed by atoms with Gasteiger partial charge in [0.25, 0.3) is 0 Å². The van der Waals surface area contributed by atoms with Gasteiger partial charge in [0.1, 0.15) is 5.75 Å². The molecule has 2 N–H and O–H groups in total. The third-order valence-corrected chi connectivity index (χ3v) is 5.32. The lowest BCUT2D eigenvalue weighted by Crippen LogP contribution is -2.42. The number of methoxy groups -OCH3 is 1. The van der Waals surface area contributed by atoms with E-state index in [-0.39, 0.29) is 11.5 Å². The van der Waals surface area contributed by atoms with Crippen molar-refractivity contribution in [3.8, 4) is 5.75 Å². The lowest BCUT2D eigenvalue weighted by atomic mass is 10.2. The number of amides is 2. The van der Waals surface area contributed by atoms with E-state index in [0.29, 0.717) is 11.4 Å². The molecule has 8 heteroatoms. The Hall–Kier alpha value is -1.47. The van der Waals surface area contributed by atoms with Crippen molar-refractivity contribution < 1.29 is 17.9 Å². The minimum Gasteiger partial charge on any atom is -0.497 e. The molecule has 1 aliphatic heterocycles. The third kappa shape index (κ3) is 3.77. The van der Waals surface area contributed by atoms with Crippen LogP contribution in [0, 0.1) is 0 Å². The quantitative estimate of drug-likeness (QED) is 0.821. The van der Waals surface area contributed by atoms with Crippen LogP contribution < -0.4 is 15.4 Å². The topological polar surface area (TPSA) is 84.5 Å². The van der Waals surface area contributed by atoms with E-state index in [1.807, 2.05) is 0 Å². The summed E-state index contributed by atoms with van der Waals surface area (Å²) in [6.45, 7) is 0. The normalized spacial score (nSPS) is 24.1. The fourth-order valence-corrected chi connectivity index (χ4v) is 4.50. The number of rotatable bonds is 3. The largest absolute Gasteiger partial charge is 0.497 e. The average Bonchev–Trinajstić information content (AvgIpc) is 2.63. The monoisotopic (exact) mass is 318 g/mol. The highest BCUT2D eigenvalue weighted by Gasteiger charge is 2.37. The van der Waals surface area contributed by atoms with Crippen LogP contribution in [0.5, 0.6) is 5.75 Å². The summed E-state index contributed by atoms with van der Waals surface area (Å²) in [5.41, 5.74) is 0.579. The van der Waals surface area contributed by atoms with Crippen LogP contribution in [0.4, 0.5) is 10.5 Å². The van der Waals surface area contributed by atoms with E-state index < -0.39 is 27.3 Å². The van der Waals surface area contributed by atoms with Gasteiger partial charge in [0.05, 0.1) is 30.0 Å². The molecule has 1 aliphatic rings. The maximum atomic E-state index is 11.8. The van der Waals surface area contributed by atoms with Gasteiger partial charge in [-0.05, 0) is 24.3 Å². The molecule has 2 atom stereocenters. The molecule has 1 aromatic rings. The first-order valence-electron chi connectivity index (χ1n) is 5.96. The second-order valence-electron chi connectivity index (χ2n) is 4.53. The number of carbonyl (C=O) groups is 1. The first-order valence-corrected chi connectivity index (χ1v) is 8.21. The predicted octanol–water partition coefficient (Wildman–Crippen LogP) is 1.22. The van der Waals surface area contributed by atoms with E-state index in [1.54, 1.807) is 31.4 Å². The van der Waals surface area contributed by atoms with Crippen LogP contribution in [-0.4, -0.2) is 44.5 Å². The van der Waals surface area contributed by atoms with Crippen molar-refractivity contribution in [2.75, 3.05) is 23.9 Å². The molecule has 1 saturated heterocycles. The van der Waals surface area contributed by atoms with Crippen LogP contribution in [0.3, 0.4) is 0 Å². The second kappa shape index (κ2) is 5.88. The highest BCUT2D eigenvalue weighted by atomic mass is 35.5. The number of sulfone groups is 1. The van der Waals surface area contributed by atoms with Crippen LogP contribution in [0.15, 0.2) is 24.3 Å². The molecule has 0 aromatic heterocycles. The van der Waals surface area contributed by atoms with Crippen molar-refractivity contribution in [3.05, 3.63) is 24.3 Å². The Morgan fingerprint density at radius 1 is 1.30 bits per heavy atom. The van der Waals surface area contributed by atoms with Gasteiger partial charge < -0.3 is 15.4 Å². The summed E-state index contributed by atoms with van der Waals surface area (Å²) in [5, 5.41) is 4.58. The van der Waals surface area contributed by atoms with Gasteiger partial charge in [-0.2, -0.15) is 0 Å². The number of urea groups is 1. The molecule has 6 nitrogen and oxygen atoms in total. The number of carbonyl (C=O) groups excluding carboxylic acids is 1. The van der Waals surface area contributed by atoms with E-state index >= 15 is 0 Å². The lowest BCUT2D eigenvalue weighted by Gasteiger charge is -2.15. The van der Waals surface area contributed by atoms with Gasteiger partial charge in [0.2, 0.25) is 0 Å². The molecule has 0 aliphatic carbocycles. The van der Waals surface area contributed by atoms with Gasteiger partial charge in [0, 0.05) is 5.69 Å². The smallest absolute Gasteiger partial charge is 0.319 e. The van der Waals surface area contributed by atoms with Gasteiger partial charge in [-0.25, -0.2) is 13.2 Å². The van der Waals surface area contributed by atoms with Crippen LogP contribution in [0.2, 0.25) is 0 Å². The fraction of sp³-hybridized carbons (Fsp3) is 0.417. The van der Waals surface area contributed by atoms with Crippen molar-refractivity contribution in [2.45, 2.75) is 11.4 Å². The number of benzene rings is 1. The zero-order valence-electron chi connectivity index (χ0n) is 10.8. The molecule has 110 valence electrons. The number of hydrogen-bond acceptors (Lipinski definition) is 4. The van der Waals surface area contributed by atoms with Crippen molar-refractivity contribution in [3.63, 3.8) is 0 Å². The highest BCUT2D eigenvalue weighted by Crippen LogP contribution is 2.19. The molecule has 2 rings (SSSR count). The molecule has 0 radical (unpaired) electrons. The van der Waals surface area contributed by atoms with Crippen LogP contribution >= 0.6 is 11.6 Å². The van der Waals surface area contributed by atoms with Crippen LogP contribution in [-0.2, 0) is 9.84 Å². The average molecular weight is 319 g/mol. The van der Waals surface area contributed by atoms with Gasteiger partial charge >= 0.3 is 6.03 Å². The molecule has 2 amide bonds. The van der Waals surface area contributed by atoms with Gasteiger partial charge in [-0.3, -0.25) is 0 Å². The van der Waals surface area contributed by atoms with Crippen molar-refractivity contribution in [1.29, 1.82) is 0 Å². The fourth-order valence-electron chi connectivity index (χ4n) is 1.95. The number of nitrogens with one attached hydrogen (secondary N) is 2. The van der Waals surface area contributed by atoms with E-state index in [4.69, 9.17) is 16.3 Å². The van der Waals surface area contributed by atoms with E-state index in [2.05, 4.69) is 10.6 Å². The highest BCUT2D eigenvalue weighted by molar-refractivity contribution is 7.91. The number of hydrogen-bond donors (Lipinski definition) is 2. The maximum Gasteiger partial charge on any atom is 0.319 e. The molecule has 0 unspecified atom stereocenters. The summed E-state index contributed by atoms with van der Waals surface area (Å²) in [6, 6.07) is 5.73. The molecule has 0 bridgehead atoms. The molecule has 1 heterocycles. The molecule has 0 spiro atoms. The maximum absolute atomic E-state index is 11.8. The minimum atomic E-state index is -3.16. The Bertz CT molecular complexity index is 588. The minimum absolute atomic E-state index is 0.109. The molecule has 1 fully saturated rings. The van der Waals surface area contributed by atoms with Gasteiger partial charge in [-0.15, -0.1) is 11.6 Å². The third-order valence-electron chi connectivity index (χ3n) is 2.95. The number of ether oxygens (including phenoxy) is 1. The molecule has 1 aromatic carbocycles. The van der Waals surface area contributed by atoms with Gasteiger partial charge in [0.15, 0.2) is 9.84 Å². The van der Waals surface area contributed by atoms with E-state index in [0.717, 1.165) is 0 Å². The zero-order valence-corrected chi connectivity index (χ0v) is 12.4. The summed E-state index contributed by atoms with van der Waals surface area (Å²) in [6.07, 6.45) is 0. The summed E-state index contributed by atoms with van der Waals surface area (Å²) < 4.78 is 27.8. The van der Waals surface area contributed by atoms with Crippen molar-refractivity contribution >= 4 is 33.2 Å². The first kappa shape index (κ1) is 14.9.